The molecule has 4 aromatic rings. The number of hydrogen-bond acceptors (Lipinski definition) is 1. The lowest BCUT2D eigenvalue weighted by molar-refractivity contribution is 1.42. The molecule has 106 valence electrons. The van der Waals surface area contributed by atoms with Gasteiger partial charge in [-0.05, 0) is 28.6 Å². The molecule has 3 aromatic carbocycles. The molecule has 1 heterocycles. The largest absolute Gasteiger partial charge is 0.235 e. The van der Waals surface area contributed by atoms with Crippen molar-refractivity contribution in [2.24, 2.45) is 0 Å². The molecule has 0 unspecified atom stereocenters. The second-order valence-electron chi connectivity index (χ2n) is 5.16. The molecule has 1 aromatic heterocycles. The summed E-state index contributed by atoms with van der Waals surface area (Å²) in [7, 11) is 0. The Morgan fingerprint density at radius 3 is 2.14 bits per heavy atom. The van der Waals surface area contributed by atoms with E-state index >= 15 is 0 Å². The van der Waals surface area contributed by atoms with Gasteiger partial charge in [0.05, 0.1) is 10.5 Å². The second-order valence-corrected chi connectivity index (χ2v) is 5.95. The van der Waals surface area contributed by atoms with E-state index in [1.807, 2.05) is 30.3 Å². The first-order valence-electron chi connectivity index (χ1n) is 6.97. The highest BCUT2D eigenvalue weighted by atomic mass is 35.5. The van der Waals surface area contributed by atoms with Gasteiger partial charge in [0.15, 0.2) is 0 Å². The van der Waals surface area contributed by atoms with Crippen LogP contribution in [0.25, 0.3) is 32.8 Å². The first kappa shape index (κ1) is 13.6. The minimum atomic E-state index is 0.412. The summed E-state index contributed by atoms with van der Waals surface area (Å²) in [5.41, 5.74) is 3.15. The maximum Gasteiger partial charge on any atom is 0.131 e. The van der Waals surface area contributed by atoms with E-state index in [1.165, 1.54) is 0 Å². The van der Waals surface area contributed by atoms with Crippen LogP contribution >= 0.6 is 23.2 Å². The lowest BCUT2D eigenvalue weighted by Gasteiger charge is -2.11. The Hall–Kier alpha value is -2.09. The molecule has 3 heteroatoms. The van der Waals surface area contributed by atoms with Crippen LogP contribution in [0, 0.1) is 0 Å². The van der Waals surface area contributed by atoms with Gasteiger partial charge in [-0.1, -0.05) is 77.8 Å². The Morgan fingerprint density at radius 2 is 1.36 bits per heavy atom. The van der Waals surface area contributed by atoms with Crippen molar-refractivity contribution in [3.05, 3.63) is 76.9 Å². The summed E-state index contributed by atoms with van der Waals surface area (Å²) in [6, 6.07) is 22.3. The van der Waals surface area contributed by atoms with E-state index in [1.54, 1.807) is 6.07 Å². The zero-order valence-electron chi connectivity index (χ0n) is 11.6. The molecular weight excluding hydrogens is 313 g/mol. The highest BCUT2D eigenvalue weighted by molar-refractivity contribution is 6.39. The van der Waals surface area contributed by atoms with E-state index in [2.05, 4.69) is 35.3 Å². The van der Waals surface area contributed by atoms with Gasteiger partial charge in [-0.2, -0.15) is 0 Å². The zero-order valence-corrected chi connectivity index (χ0v) is 13.1. The van der Waals surface area contributed by atoms with E-state index in [9.17, 15) is 0 Å². The first-order chi connectivity index (χ1) is 10.7. The molecule has 0 aliphatic carbocycles. The molecule has 22 heavy (non-hydrogen) atoms. The van der Waals surface area contributed by atoms with Gasteiger partial charge in [-0.25, -0.2) is 4.98 Å². The average molecular weight is 324 g/mol. The van der Waals surface area contributed by atoms with Crippen molar-refractivity contribution in [1.29, 1.82) is 0 Å². The molecule has 0 bridgehead atoms. The van der Waals surface area contributed by atoms with Gasteiger partial charge < -0.3 is 0 Å². The number of hydrogen-bond donors (Lipinski definition) is 0. The normalized spacial score (nSPS) is 11.2. The summed E-state index contributed by atoms with van der Waals surface area (Å²) in [6.45, 7) is 0. The molecule has 0 spiro atoms. The summed E-state index contributed by atoms with van der Waals surface area (Å²) in [5.74, 6) is 0. The monoisotopic (exact) mass is 323 g/mol. The fourth-order valence-corrected chi connectivity index (χ4v) is 3.34. The Bertz CT molecular complexity index is 994. The fraction of sp³-hybridized carbons (Fsp3) is 0. The molecule has 1 nitrogen and oxygen atoms in total. The molecule has 0 aliphatic rings. The highest BCUT2D eigenvalue weighted by Crippen LogP contribution is 2.37. The van der Waals surface area contributed by atoms with Gasteiger partial charge in [0.25, 0.3) is 0 Å². The molecule has 0 atom stereocenters. The Labute approximate surface area is 138 Å². The number of fused-ring (bicyclic) bond motifs is 3. The number of aromatic nitrogens is 1. The van der Waals surface area contributed by atoms with Gasteiger partial charge in [0, 0.05) is 10.8 Å². The highest BCUT2D eigenvalue weighted by Gasteiger charge is 2.12. The number of pyridine rings is 1. The number of rotatable bonds is 1. The maximum atomic E-state index is 6.40. The van der Waals surface area contributed by atoms with Gasteiger partial charge >= 0.3 is 0 Å². The third kappa shape index (κ3) is 2.14. The van der Waals surface area contributed by atoms with Crippen LogP contribution < -0.4 is 0 Å². The van der Waals surface area contributed by atoms with Crippen molar-refractivity contribution in [2.45, 2.75) is 0 Å². The van der Waals surface area contributed by atoms with Crippen molar-refractivity contribution >= 4 is 44.9 Å². The quantitative estimate of drug-likeness (QED) is 0.293. The lowest BCUT2D eigenvalue weighted by Crippen LogP contribution is -1.88. The van der Waals surface area contributed by atoms with Gasteiger partial charge in [0.1, 0.15) is 5.15 Å². The van der Waals surface area contributed by atoms with E-state index in [0.717, 1.165) is 32.8 Å². The van der Waals surface area contributed by atoms with Crippen LogP contribution in [0.4, 0.5) is 0 Å². The van der Waals surface area contributed by atoms with Gasteiger partial charge in [-0.3, -0.25) is 0 Å². The van der Waals surface area contributed by atoms with Crippen LogP contribution in [-0.2, 0) is 0 Å². The minimum absolute atomic E-state index is 0.412. The Morgan fingerprint density at radius 1 is 0.682 bits per heavy atom. The minimum Gasteiger partial charge on any atom is -0.235 e. The lowest BCUT2D eigenvalue weighted by atomic mass is 9.95. The molecule has 0 aliphatic heterocycles. The van der Waals surface area contributed by atoms with Crippen molar-refractivity contribution in [3.63, 3.8) is 0 Å². The molecule has 0 saturated heterocycles. The van der Waals surface area contributed by atoms with Crippen molar-refractivity contribution in [3.8, 4) is 11.1 Å². The van der Waals surface area contributed by atoms with E-state index < -0.39 is 0 Å². The van der Waals surface area contributed by atoms with Crippen molar-refractivity contribution in [1.82, 2.24) is 4.98 Å². The molecular formula is C19H11Cl2N. The third-order valence-corrected chi connectivity index (χ3v) is 4.33. The second kappa shape index (κ2) is 5.28. The third-order valence-electron chi connectivity index (χ3n) is 3.82. The smallest absolute Gasteiger partial charge is 0.131 e. The number of halogens is 2. The Balaban J connectivity index is 2.21. The van der Waals surface area contributed by atoms with Crippen LogP contribution in [-0.4, -0.2) is 4.98 Å². The van der Waals surface area contributed by atoms with E-state index in [4.69, 9.17) is 23.2 Å². The number of nitrogens with zero attached hydrogens (tertiary/aromatic N) is 1. The fourth-order valence-electron chi connectivity index (χ4n) is 2.84. The van der Waals surface area contributed by atoms with E-state index in [-0.39, 0.29) is 0 Å². The number of benzene rings is 3. The average Bonchev–Trinajstić information content (AvgIpc) is 2.55. The zero-order chi connectivity index (χ0) is 15.1. The van der Waals surface area contributed by atoms with Crippen molar-refractivity contribution in [2.75, 3.05) is 0 Å². The van der Waals surface area contributed by atoms with Crippen LogP contribution in [0.5, 0.6) is 0 Å². The summed E-state index contributed by atoms with van der Waals surface area (Å²) < 4.78 is 0. The van der Waals surface area contributed by atoms with Crippen LogP contribution in [0.2, 0.25) is 10.2 Å². The first-order valence-corrected chi connectivity index (χ1v) is 7.72. The molecule has 0 saturated carbocycles. The van der Waals surface area contributed by atoms with Crippen LogP contribution in [0.15, 0.2) is 66.7 Å². The Kier molecular flexibility index (Phi) is 3.25. The van der Waals surface area contributed by atoms with Crippen molar-refractivity contribution < 1.29 is 0 Å². The predicted molar refractivity (Wildman–Crippen MR) is 94.7 cm³/mol. The standard InChI is InChI=1S/C19H11Cl2N/c20-17-11-18(21)22-19-14-9-5-4-8-13(14)15(10-16(17)19)12-6-2-1-3-7-12/h1-11H. The molecule has 0 radical (unpaired) electrons. The molecule has 0 amide bonds. The topological polar surface area (TPSA) is 12.9 Å². The van der Waals surface area contributed by atoms with Gasteiger partial charge in [-0.15, -0.1) is 0 Å². The SMILES string of the molecule is Clc1cc(Cl)c2cc(-c3ccccc3)c3ccccc3c2n1. The maximum absolute atomic E-state index is 6.40. The predicted octanol–water partition coefficient (Wildman–Crippen LogP) is 6.36. The van der Waals surface area contributed by atoms with Crippen LogP contribution in [0.1, 0.15) is 0 Å². The molecule has 0 N–H and O–H groups in total. The summed E-state index contributed by atoms with van der Waals surface area (Å²) in [4.78, 5) is 4.48. The molecule has 0 fully saturated rings. The summed E-state index contributed by atoms with van der Waals surface area (Å²) in [6.07, 6.45) is 0. The van der Waals surface area contributed by atoms with E-state index in [0.29, 0.717) is 10.2 Å². The van der Waals surface area contributed by atoms with Crippen LogP contribution in [0.3, 0.4) is 0 Å². The summed E-state index contributed by atoms with van der Waals surface area (Å²) >= 11 is 12.5. The summed E-state index contributed by atoms with van der Waals surface area (Å²) in [5, 5.41) is 4.16. The molecule has 4 rings (SSSR count). The van der Waals surface area contributed by atoms with Gasteiger partial charge in [0.2, 0.25) is 0 Å².